The van der Waals surface area contributed by atoms with Gasteiger partial charge in [-0.3, -0.25) is 14.2 Å². The molecule has 0 saturated carbocycles. The van der Waals surface area contributed by atoms with Gasteiger partial charge in [-0.05, 0) is 51.0 Å². The summed E-state index contributed by atoms with van der Waals surface area (Å²) in [5.41, 5.74) is 3.45. The Morgan fingerprint density at radius 3 is 2.71 bits per heavy atom. The maximum Gasteiger partial charge on any atom is 0.262 e. The summed E-state index contributed by atoms with van der Waals surface area (Å²) >= 11 is 0. The van der Waals surface area contributed by atoms with Gasteiger partial charge in [0.2, 0.25) is 5.91 Å². The van der Waals surface area contributed by atoms with Crippen molar-refractivity contribution in [3.8, 4) is 0 Å². The van der Waals surface area contributed by atoms with Crippen molar-refractivity contribution >= 4 is 27.3 Å². The molecular formula is C16H20N4O3S. The number of amides is 1. The number of hydrogen-bond acceptors (Lipinski definition) is 4. The molecule has 2 N–H and O–H groups in total. The highest BCUT2D eigenvalue weighted by Crippen LogP contribution is 2.28. The standard InChI is InChI=1S/C16H20N4O3S/c1-4-20-11(3)16(10(2)18-20)19-24(22,23)13-6-7-14-12(9-13)5-8-15(21)17-14/h6-7,9,19H,4-5,8H2,1-3H3,(H,17,21). The van der Waals surface area contributed by atoms with E-state index in [-0.39, 0.29) is 10.8 Å². The molecule has 2 aromatic rings. The molecule has 0 radical (unpaired) electrons. The van der Waals surface area contributed by atoms with Gasteiger partial charge in [-0.15, -0.1) is 0 Å². The van der Waals surface area contributed by atoms with E-state index in [1.807, 2.05) is 13.8 Å². The second kappa shape index (κ2) is 5.94. The molecule has 0 saturated heterocycles. The number of sulfonamides is 1. The van der Waals surface area contributed by atoms with Crippen molar-refractivity contribution < 1.29 is 13.2 Å². The van der Waals surface area contributed by atoms with Crippen molar-refractivity contribution in [2.75, 3.05) is 10.0 Å². The number of benzene rings is 1. The maximum absolute atomic E-state index is 12.7. The van der Waals surface area contributed by atoms with E-state index in [1.54, 1.807) is 23.7 Å². The Bertz CT molecular complexity index is 916. The zero-order valence-electron chi connectivity index (χ0n) is 13.9. The van der Waals surface area contributed by atoms with Crippen LogP contribution in [0.1, 0.15) is 30.3 Å². The Kier molecular flexibility index (Phi) is 4.08. The molecule has 2 heterocycles. The maximum atomic E-state index is 12.7. The summed E-state index contributed by atoms with van der Waals surface area (Å²) < 4.78 is 29.8. The van der Waals surface area contributed by atoms with Crippen LogP contribution >= 0.6 is 0 Å². The monoisotopic (exact) mass is 348 g/mol. The third-order valence-electron chi connectivity index (χ3n) is 4.20. The first-order valence-electron chi connectivity index (χ1n) is 7.81. The lowest BCUT2D eigenvalue weighted by Gasteiger charge is -2.18. The van der Waals surface area contributed by atoms with E-state index in [0.717, 1.165) is 11.3 Å². The number of aryl methyl sites for hydroxylation is 3. The van der Waals surface area contributed by atoms with Crippen molar-refractivity contribution in [3.05, 3.63) is 35.2 Å². The number of aromatic nitrogens is 2. The number of hydrogen-bond donors (Lipinski definition) is 2. The lowest BCUT2D eigenvalue weighted by Crippen LogP contribution is -2.20. The molecule has 0 bridgehead atoms. The minimum absolute atomic E-state index is 0.0468. The van der Waals surface area contributed by atoms with Crippen LogP contribution in [0, 0.1) is 13.8 Å². The van der Waals surface area contributed by atoms with Gasteiger partial charge >= 0.3 is 0 Å². The highest BCUT2D eigenvalue weighted by molar-refractivity contribution is 7.92. The topological polar surface area (TPSA) is 93.1 Å². The quantitative estimate of drug-likeness (QED) is 0.886. The average molecular weight is 348 g/mol. The molecular weight excluding hydrogens is 328 g/mol. The summed E-state index contributed by atoms with van der Waals surface area (Å²) in [5, 5.41) is 7.08. The van der Waals surface area contributed by atoms with E-state index < -0.39 is 10.0 Å². The lowest BCUT2D eigenvalue weighted by atomic mass is 10.0. The molecule has 3 rings (SSSR count). The molecule has 7 nitrogen and oxygen atoms in total. The van der Waals surface area contributed by atoms with E-state index in [9.17, 15) is 13.2 Å². The van der Waals surface area contributed by atoms with Crippen LogP contribution in [0.25, 0.3) is 0 Å². The number of fused-ring (bicyclic) bond motifs is 1. The van der Waals surface area contributed by atoms with E-state index in [4.69, 9.17) is 0 Å². The minimum atomic E-state index is -3.72. The second-order valence-corrected chi connectivity index (χ2v) is 7.52. The fourth-order valence-corrected chi connectivity index (χ4v) is 4.10. The van der Waals surface area contributed by atoms with Crippen molar-refractivity contribution in [1.29, 1.82) is 0 Å². The molecule has 24 heavy (non-hydrogen) atoms. The molecule has 0 aliphatic carbocycles. The van der Waals surface area contributed by atoms with Crippen molar-refractivity contribution in [2.24, 2.45) is 0 Å². The number of nitrogens with zero attached hydrogens (tertiary/aromatic N) is 2. The minimum Gasteiger partial charge on any atom is -0.326 e. The second-order valence-electron chi connectivity index (χ2n) is 5.83. The van der Waals surface area contributed by atoms with Crippen molar-refractivity contribution in [1.82, 2.24) is 9.78 Å². The zero-order chi connectivity index (χ0) is 17.5. The van der Waals surface area contributed by atoms with Crippen LogP contribution in [0.4, 0.5) is 11.4 Å². The van der Waals surface area contributed by atoms with Gasteiger partial charge in [-0.1, -0.05) is 0 Å². The van der Waals surface area contributed by atoms with Crippen LogP contribution in [0.2, 0.25) is 0 Å². The molecule has 1 aliphatic rings. The molecule has 128 valence electrons. The predicted octanol–water partition coefficient (Wildman–Crippen LogP) is 2.21. The first-order valence-corrected chi connectivity index (χ1v) is 9.29. The third kappa shape index (κ3) is 2.89. The van der Waals surface area contributed by atoms with Gasteiger partial charge in [0.15, 0.2) is 0 Å². The Morgan fingerprint density at radius 2 is 2.04 bits per heavy atom. The highest BCUT2D eigenvalue weighted by atomic mass is 32.2. The Labute approximate surface area is 141 Å². The largest absolute Gasteiger partial charge is 0.326 e. The van der Waals surface area contributed by atoms with Crippen LogP contribution in [-0.4, -0.2) is 24.1 Å². The fourth-order valence-electron chi connectivity index (χ4n) is 2.87. The summed E-state index contributed by atoms with van der Waals surface area (Å²) in [6.07, 6.45) is 0.905. The first kappa shape index (κ1) is 16.5. The molecule has 0 unspecified atom stereocenters. The smallest absolute Gasteiger partial charge is 0.262 e. The van der Waals surface area contributed by atoms with Crippen LogP contribution in [-0.2, 0) is 27.8 Å². The van der Waals surface area contributed by atoms with E-state index in [0.29, 0.717) is 36.5 Å². The summed E-state index contributed by atoms with van der Waals surface area (Å²) in [6, 6.07) is 4.75. The molecule has 0 fully saturated rings. The molecule has 1 aliphatic heterocycles. The van der Waals surface area contributed by atoms with E-state index in [1.165, 1.54) is 6.07 Å². The third-order valence-corrected chi connectivity index (χ3v) is 5.55. The van der Waals surface area contributed by atoms with Gasteiger partial charge in [-0.2, -0.15) is 5.10 Å². The molecule has 1 aromatic heterocycles. The SMILES string of the molecule is CCn1nc(C)c(NS(=O)(=O)c2ccc3c(c2)CCC(=O)N3)c1C. The highest BCUT2D eigenvalue weighted by Gasteiger charge is 2.22. The summed E-state index contributed by atoms with van der Waals surface area (Å²) in [7, 11) is -3.72. The Balaban J connectivity index is 1.94. The number of carbonyl (C=O) groups is 1. The van der Waals surface area contributed by atoms with Crippen LogP contribution in [0.15, 0.2) is 23.1 Å². The van der Waals surface area contributed by atoms with Gasteiger partial charge in [0.25, 0.3) is 10.0 Å². The predicted molar refractivity (Wildman–Crippen MR) is 91.6 cm³/mol. The van der Waals surface area contributed by atoms with Gasteiger partial charge in [0, 0.05) is 18.7 Å². The van der Waals surface area contributed by atoms with Gasteiger partial charge in [0.1, 0.15) is 0 Å². The van der Waals surface area contributed by atoms with Crippen LogP contribution in [0.5, 0.6) is 0 Å². The van der Waals surface area contributed by atoms with Crippen molar-refractivity contribution in [3.63, 3.8) is 0 Å². The Morgan fingerprint density at radius 1 is 1.29 bits per heavy atom. The fraction of sp³-hybridized carbons (Fsp3) is 0.375. The van der Waals surface area contributed by atoms with Gasteiger partial charge in [-0.25, -0.2) is 8.42 Å². The number of nitrogens with one attached hydrogen (secondary N) is 2. The summed E-state index contributed by atoms with van der Waals surface area (Å²) in [4.78, 5) is 11.6. The first-order chi connectivity index (χ1) is 11.3. The van der Waals surface area contributed by atoms with Crippen LogP contribution < -0.4 is 10.0 Å². The summed E-state index contributed by atoms with van der Waals surface area (Å²) in [5.74, 6) is -0.0468. The molecule has 0 spiro atoms. The molecule has 1 aromatic carbocycles. The number of anilines is 2. The molecule has 8 heteroatoms. The Hall–Kier alpha value is -2.35. The summed E-state index contributed by atoms with van der Waals surface area (Å²) in [6.45, 7) is 6.24. The van der Waals surface area contributed by atoms with Crippen molar-refractivity contribution in [2.45, 2.75) is 45.1 Å². The lowest BCUT2D eigenvalue weighted by molar-refractivity contribution is -0.116. The number of rotatable bonds is 4. The zero-order valence-corrected chi connectivity index (χ0v) is 14.7. The van der Waals surface area contributed by atoms with Crippen LogP contribution in [0.3, 0.4) is 0 Å². The number of carbonyl (C=O) groups excluding carboxylic acids is 1. The molecule has 0 atom stereocenters. The van der Waals surface area contributed by atoms with Gasteiger partial charge < -0.3 is 5.32 Å². The van der Waals surface area contributed by atoms with E-state index in [2.05, 4.69) is 15.1 Å². The average Bonchev–Trinajstić information content (AvgIpc) is 2.81. The normalized spacial score (nSPS) is 14.2. The van der Waals surface area contributed by atoms with E-state index >= 15 is 0 Å². The molecule has 1 amide bonds. The van der Waals surface area contributed by atoms with Gasteiger partial charge in [0.05, 0.1) is 22.0 Å².